The molecule has 0 saturated carbocycles. The lowest BCUT2D eigenvalue weighted by Gasteiger charge is -2.11. The van der Waals surface area contributed by atoms with Gasteiger partial charge in [-0.15, -0.1) is 0 Å². The van der Waals surface area contributed by atoms with E-state index in [-0.39, 0.29) is 24.5 Å². The standard InChI is InChI=1S/C17H24N2O5/c1-2-22-13-5-7-14(8-6-13)24-12-16(20)18-9-10-19-17(21)15-4-3-11-23-15/h5-8,15H,2-4,9-12H2,1H3,(H,18,20)(H,19,21). The molecule has 1 unspecified atom stereocenters. The highest BCUT2D eigenvalue weighted by Gasteiger charge is 2.22. The van der Waals surface area contributed by atoms with Crippen molar-refractivity contribution in [3.8, 4) is 11.5 Å². The SMILES string of the molecule is CCOc1ccc(OCC(=O)NCCNC(=O)C2CCCO2)cc1. The Kier molecular flexibility index (Phi) is 7.35. The Morgan fingerprint density at radius 1 is 1.12 bits per heavy atom. The molecule has 1 aliphatic rings. The smallest absolute Gasteiger partial charge is 0.258 e. The predicted octanol–water partition coefficient (Wildman–Crippen LogP) is 0.875. The van der Waals surface area contributed by atoms with Crippen LogP contribution in [0.15, 0.2) is 24.3 Å². The lowest BCUT2D eigenvalue weighted by Crippen LogP contribution is -2.40. The predicted molar refractivity (Wildman–Crippen MR) is 88.1 cm³/mol. The quantitative estimate of drug-likeness (QED) is 0.654. The van der Waals surface area contributed by atoms with Crippen LogP contribution in [-0.4, -0.2) is 50.8 Å². The first kappa shape index (κ1) is 18.1. The molecule has 132 valence electrons. The number of hydrogen-bond donors (Lipinski definition) is 2. The maximum Gasteiger partial charge on any atom is 0.258 e. The lowest BCUT2D eigenvalue weighted by molar-refractivity contribution is -0.130. The van der Waals surface area contributed by atoms with E-state index in [0.717, 1.165) is 18.6 Å². The number of hydrogen-bond acceptors (Lipinski definition) is 5. The summed E-state index contributed by atoms with van der Waals surface area (Å²) in [7, 11) is 0. The number of rotatable bonds is 9. The summed E-state index contributed by atoms with van der Waals surface area (Å²) < 4.78 is 16.0. The van der Waals surface area contributed by atoms with Crippen LogP contribution < -0.4 is 20.1 Å². The van der Waals surface area contributed by atoms with Crippen molar-refractivity contribution >= 4 is 11.8 Å². The van der Waals surface area contributed by atoms with Crippen molar-refractivity contribution in [1.29, 1.82) is 0 Å². The number of carbonyl (C=O) groups excluding carboxylic acids is 2. The van der Waals surface area contributed by atoms with Crippen molar-refractivity contribution in [2.75, 3.05) is 32.9 Å². The van der Waals surface area contributed by atoms with Crippen LogP contribution in [-0.2, 0) is 14.3 Å². The number of benzene rings is 1. The Morgan fingerprint density at radius 2 is 1.79 bits per heavy atom. The first-order valence-electron chi connectivity index (χ1n) is 8.20. The summed E-state index contributed by atoms with van der Waals surface area (Å²) in [4.78, 5) is 23.4. The fourth-order valence-electron chi connectivity index (χ4n) is 2.28. The van der Waals surface area contributed by atoms with E-state index < -0.39 is 0 Å². The Hall–Kier alpha value is -2.28. The molecule has 0 aliphatic carbocycles. The average molecular weight is 336 g/mol. The number of ether oxygens (including phenoxy) is 3. The van der Waals surface area contributed by atoms with Crippen molar-refractivity contribution in [3.05, 3.63) is 24.3 Å². The molecule has 1 fully saturated rings. The first-order valence-corrected chi connectivity index (χ1v) is 8.20. The van der Waals surface area contributed by atoms with Gasteiger partial charge in [0.05, 0.1) is 6.61 Å². The summed E-state index contributed by atoms with van der Waals surface area (Å²) >= 11 is 0. The van der Waals surface area contributed by atoms with E-state index >= 15 is 0 Å². The molecule has 7 nitrogen and oxygen atoms in total. The van der Waals surface area contributed by atoms with Crippen molar-refractivity contribution in [2.24, 2.45) is 0 Å². The van der Waals surface area contributed by atoms with Gasteiger partial charge in [-0.25, -0.2) is 0 Å². The summed E-state index contributed by atoms with van der Waals surface area (Å²) in [5.74, 6) is 0.999. The molecule has 1 heterocycles. The molecule has 1 saturated heterocycles. The van der Waals surface area contributed by atoms with Crippen molar-refractivity contribution in [3.63, 3.8) is 0 Å². The fraction of sp³-hybridized carbons (Fsp3) is 0.529. The molecule has 24 heavy (non-hydrogen) atoms. The summed E-state index contributed by atoms with van der Waals surface area (Å²) in [6.45, 7) is 3.80. The van der Waals surface area contributed by atoms with E-state index in [4.69, 9.17) is 14.2 Å². The molecule has 0 aromatic heterocycles. The summed E-state index contributed by atoms with van der Waals surface area (Å²) in [6.07, 6.45) is 1.33. The summed E-state index contributed by atoms with van der Waals surface area (Å²) in [5, 5.41) is 5.42. The molecule has 7 heteroatoms. The second kappa shape index (κ2) is 9.77. The largest absolute Gasteiger partial charge is 0.494 e. The van der Waals surface area contributed by atoms with E-state index in [0.29, 0.717) is 32.1 Å². The van der Waals surface area contributed by atoms with E-state index in [2.05, 4.69) is 10.6 Å². The van der Waals surface area contributed by atoms with Crippen LogP contribution in [0.1, 0.15) is 19.8 Å². The van der Waals surface area contributed by atoms with Gasteiger partial charge < -0.3 is 24.8 Å². The van der Waals surface area contributed by atoms with Gasteiger partial charge in [0.2, 0.25) is 5.91 Å². The van der Waals surface area contributed by atoms with Crippen LogP contribution in [0.5, 0.6) is 11.5 Å². The fourth-order valence-corrected chi connectivity index (χ4v) is 2.28. The minimum absolute atomic E-state index is 0.0757. The topological polar surface area (TPSA) is 85.9 Å². The molecule has 2 rings (SSSR count). The van der Waals surface area contributed by atoms with E-state index in [1.807, 2.05) is 6.92 Å². The van der Waals surface area contributed by atoms with E-state index in [1.54, 1.807) is 24.3 Å². The first-order chi connectivity index (χ1) is 11.7. The summed E-state index contributed by atoms with van der Waals surface area (Å²) in [6, 6.07) is 7.08. The van der Waals surface area contributed by atoms with Crippen LogP contribution in [0, 0.1) is 0 Å². The zero-order valence-electron chi connectivity index (χ0n) is 13.9. The molecule has 1 aliphatic heterocycles. The average Bonchev–Trinajstić information content (AvgIpc) is 3.13. The maximum absolute atomic E-state index is 11.7. The van der Waals surface area contributed by atoms with Crippen molar-refractivity contribution < 1.29 is 23.8 Å². The van der Waals surface area contributed by atoms with Crippen LogP contribution in [0.25, 0.3) is 0 Å². The monoisotopic (exact) mass is 336 g/mol. The highest BCUT2D eigenvalue weighted by molar-refractivity contribution is 5.81. The van der Waals surface area contributed by atoms with Crippen LogP contribution in [0.3, 0.4) is 0 Å². The third-order valence-electron chi connectivity index (χ3n) is 3.47. The van der Waals surface area contributed by atoms with Crippen LogP contribution in [0.2, 0.25) is 0 Å². The third-order valence-corrected chi connectivity index (χ3v) is 3.47. The normalized spacial score (nSPS) is 16.5. The molecule has 0 bridgehead atoms. The second-order valence-electron chi connectivity index (χ2n) is 5.34. The number of carbonyl (C=O) groups is 2. The lowest BCUT2D eigenvalue weighted by atomic mass is 10.2. The van der Waals surface area contributed by atoms with Crippen molar-refractivity contribution in [2.45, 2.75) is 25.9 Å². The van der Waals surface area contributed by atoms with Gasteiger partial charge in [0.1, 0.15) is 17.6 Å². The zero-order chi connectivity index (χ0) is 17.2. The highest BCUT2D eigenvalue weighted by Crippen LogP contribution is 2.17. The minimum atomic E-state index is -0.344. The Balaban J connectivity index is 1.56. The molecule has 1 atom stereocenters. The molecule has 2 amide bonds. The Labute approximate surface area is 141 Å². The van der Waals surface area contributed by atoms with Gasteiger partial charge in [-0.2, -0.15) is 0 Å². The minimum Gasteiger partial charge on any atom is -0.494 e. The van der Waals surface area contributed by atoms with Crippen molar-refractivity contribution in [1.82, 2.24) is 10.6 Å². The Morgan fingerprint density at radius 3 is 2.42 bits per heavy atom. The van der Waals surface area contributed by atoms with Gasteiger partial charge >= 0.3 is 0 Å². The number of nitrogens with one attached hydrogen (secondary N) is 2. The van der Waals surface area contributed by atoms with Gasteiger partial charge in [-0.3, -0.25) is 9.59 Å². The number of amides is 2. The van der Waals surface area contributed by atoms with E-state index in [9.17, 15) is 9.59 Å². The summed E-state index contributed by atoms with van der Waals surface area (Å²) in [5.41, 5.74) is 0. The van der Waals surface area contributed by atoms with Gasteiger partial charge in [-0.05, 0) is 44.0 Å². The van der Waals surface area contributed by atoms with E-state index in [1.165, 1.54) is 0 Å². The molecule has 1 aromatic carbocycles. The van der Waals surface area contributed by atoms with Gasteiger partial charge in [0, 0.05) is 19.7 Å². The third kappa shape index (κ3) is 6.08. The van der Waals surface area contributed by atoms with Gasteiger partial charge in [-0.1, -0.05) is 0 Å². The van der Waals surface area contributed by atoms with Gasteiger partial charge in [0.15, 0.2) is 6.61 Å². The molecule has 1 aromatic rings. The molecular formula is C17H24N2O5. The highest BCUT2D eigenvalue weighted by atomic mass is 16.5. The zero-order valence-corrected chi connectivity index (χ0v) is 13.9. The van der Waals surface area contributed by atoms with Gasteiger partial charge in [0.25, 0.3) is 5.91 Å². The molecule has 0 radical (unpaired) electrons. The molecular weight excluding hydrogens is 312 g/mol. The van der Waals surface area contributed by atoms with Crippen LogP contribution in [0.4, 0.5) is 0 Å². The molecule has 2 N–H and O–H groups in total. The maximum atomic E-state index is 11.7. The Bertz CT molecular complexity index is 526. The molecule has 0 spiro atoms. The second-order valence-corrected chi connectivity index (χ2v) is 5.34. The van der Waals surface area contributed by atoms with Crippen LogP contribution >= 0.6 is 0 Å².